The van der Waals surface area contributed by atoms with Gasteiger partial charge in [0.25, 0.3) is 0 Å². The van der Waals surface area contributed by atoms with Crippen LogP contribution in [0.2, 0.25) is 0 Å². The van der Waals surface area contributed by atoms with Crippen molar-refractivity contribution in [1.82, 2.24) is 0 Å². The van der Waals surface area contributed by atoms with E-state index >= 15 is 0 Å². The minimum absolute atomic E-state index is 0.383. The molecule has 0 saturated heterocycles. The standard InChI is InChI=1S/C36H64O4/c1-22(10-11-26(38)30(40)27(39)21-37)24-12-17-33(5)25(24)13-18-36(8)31(33)23(2)20-29-34(6)16-9-15-32(3,4)28(34)14-19-35(29,36)7/h22-31,37-40H,9-21H2,1-8H3. The van der Waals surface area contributed by atoms with Crippen LogP contribution in [0.1, 0.15) is 132 Å². The average Bonchev–Trinajstić information content (AvgIpc) is 3.23. The van der Waals surface area contributed by atoms with Crippen LogP contribution < -0.4 is 0 Å². The maximum Gasteiger partial charge on any atom is 0.108 e. The molecule has 40 heavy (non-hydrogen) atoms. The normalized spacial score (nSPS) is 51.0. The summed E-state index contributed by atoms with van der Waals surface area (Å²) in [4.78, 5) is 0. The number of rotatable bonds is 7. The number of hydrogen-bond donors (Lipinski definition) is 4. The predicted molar refractivity (Wildman–Crippen MR) is 162 cm³/mol. The first-order chi connectivity index (χ1) is 18.6. The highest BCUT2D eigenvalue weighted by molar-refractivity contribution is 5.20. The van der Waals surface area contributed by atoms with Gasteiger partial charge in [-0.15, -0.1) is 0 Å². The Morgan fingerprint density at radius 1 is 0.725 bits per heavy atom. The van der Waals surface area contributed by atoms with E-state index in [1.54, 1.807) is 0 Å². The highest BCUT2D eigenvalue weighted by Crippen LogP contribution is 2.79. The van der Waals surface area contributed by atoms with Gasteiger partial charge < -0.3 is 20.4 Å². The first kappa shape index (κ1) is 31.3. The molecule has 0 aromatic rings. The predicted octanol–water partition coefficient (Wildman–Crippen LogP) is 7.22. The number of fused-ring (bicyclic) bond motifs is 7. The molecule has 0 aromatic heterocycles. The van der Waals surface area contributed by atoms with Crippen LogP contribution in [-0.2, 0) is 0 Å². The van der Waals surface area contributed by atoms with Gasteiger partial charge in [0.2, 0.25) is 0 Å². The molecule has 5 aliphatic rings. The van der Waals surface area contributed by atoms with Gasteiger partial charge in [-0.25, -0.2) is 0 Å². The molecule has 232 valence electrons. The fraction of sp³-hybridized carbons (Fsp3) is 1.00. The summed E-state index contributed by atoms with van der Waals surface area (Å²) in [6.07, 6.45) is 11.6. The molecule has 4 nitrogen and oxygen atoms in total. The average molecular weight is 561 g/mol. The van der Waals surface area contributed by atoms with Gasteiger partial charge in [0, 0.05) is 0 Å². The lowest BCUT2D eigenvalue weighted by Gasteiger charge is -2.74. The Morgan fingerprint density at radius 3 is 2.08 bits per heavy atom. The van der Waals surface area contributed by atoms with E-state index in [1.807, 2.05) is 0 Å². The summed E-state index contributed by atoms with van der Waals surface area (Å²) < 4.78 is 0. The molecule has 4 N–H and O–H groups in total. The number of aliphatic hydroxyl groups excluding tert-OH is 4. The van der Waals surface area contributed by atoms with Crippen LogP contribution in [0, 0.1) is 68.5 Å². The molecule has 0 heterocycles. The fourth-order valence-electron chi connectivity index (χ4n) is 13.8. The molecule has 5 saturated carbocycles. The van der Waals surface area contributed by atoms with Gasteiger partial charge in [0.15, 0.2) is 0 Å². The van der Waals surface area contributed by atoms with Crippen LogP contribution in [0.4, 0.5) is 0 Å². The van der Waals surface area contributed by atoms with Crippen LogP contribution in [-0.4, -0.2) is 45.3 Å². The summed E-state index contributed by atoms with van der Waals surface area (Å²) in [5, 5.41) is 39.6. The highest BCUT2D eigenvalue weighted by atomic mass is 16.4. The first-order valence-corrected chi connectivity index (χ1v) is 17.2. The Hall–Kier alpha value is -0.160. The smallest absolute Gasteiger partial charge is 0.108 e. The van der Waals surface area contributed by atoms with Crippen molar-refractivity contribution < 1.29 is 20.4 Å². The quantitative estimate of drug-likeness (QED) is 0.265. The Bertz CT molecular complexity index is 918. The SMILES string of the molecule is CC(CCC(O)C(O)C(O)CO)C1CCC2(C)C1CCC1(C)C2C(C)CC2C3(C)CCCC(C)(C)C3CCC21C. The van der Waals surface area contributed by atoms with Crippen LogP contribution >= 0.6 is 0 Å². The lowest BCUT2D eigenvalue weighted by Crippen LogP contribution is -2.67. The molecule has 4 heteroatoms. The summed E-state index contributed by atoms with van der Waals surface area (Å²) in [5.74, 6) is 5.16. The zero-order valence-electron chi connectivity index (χ0n) is 27.3. The van der Waals surface area contributed by atoms with E-state index in [9.17, 15) is 15.3 Å². The van der Waals surface area contributed by atoms with Crippen molar-refractivity contribution in [2.24, 2.45) is 68.5 Å². The van der Waals surface area contributed by atoms with Gasteiger partial charge in [0.05, 0.1) is 12.7 Å². The molecule has 0 aliphatic heterocycles. The zero-order chi connectivity index (χ0) is 29.5. The third-order valence-electron chi connectivity index (χ3n) is 15.7. The second-order valence-electron chi connectivity index (χ2n) is 17.7. The van der Waals surface area contributed by atoms with E-state index in [2.05, 4.69) is 55.4 Å². The molecular weight excluding hydrogens is 496 g/mol. The van der Waals surface area contributed by atoms with E-state index in [0.29, 0.717) is 45.3 Å². The Balaban J connectivity index is 1.36. The Morgan fingerprint density at radius 2 is 1.40 bits per heavy atom. The van der Waals surface area contributed by atoms with Crippen molar-refractivity contribution in [2.75, 3.05) is 6.61 Å². The second-order valence-corrected chi connectivity index (χ2v) is 17.7. The van der Waals surface area contributed by atoms with E-state index in [4.69, 9.17) is 5.11 Å². The van der Waals surface area contributed by atoms with Crippen molar-refractivity contribution >= 4 is 0 Å². The van der Waals surface area contributed by atoms with Gasteiger partial charge in [0.1, 0.15) is 12.2 Å². The Labute approximate surface area is 246 Å². The molecule has 5 aliphatic carbocycles. The largest absolute Gasteiger partial charge is 0.394 e. The third kappa shape index (κ3) is 4.42. The van der Waals surface area contributed by atoms with Crippen molar-refractivity contribution in [2.45, 2.75) is 151 Å². The van der Waals surface area contributed by atoms with Crippen molar-refractivity contribution in [1.29, 1.82) is 0 Å². The topological polar surface area (TPSA) is 80.9 Å². The molecule has 5 fully saturated rings. The molecule has 0 amide bonds. The number of hydrogen-bond acceptors (Lipinski definition) is 4. The fourth-order valence-corrected chi connectivity index (χ4v) is 13.8. The van der Waals surface area contributed by atoms with Gasteiger partial charge in [-0.2, -0.15) is 0 Å². The summed E-state index contributed by atoms with van der Waals surface area (Å²) >= 11 is 0. The summed E-state index contributed by atoms with van der Waals surface area (Å²) in [6, 6.07) is 0. The van der Waals surface area contributed by atoms with E-state index in [-0.39, 0.29) is 0 Å². The molecule has 14 atom stereocenters. The first-order valence-electron chi connectivity index (χ1n) is 17.2. The van der Waals surface area contributed by atoms with E-state index in [0.717, 1.165) is 36.0 Å². The lowest BCUT2D eigenvalue weighted by atomic mass is 9.30. The van der Waals surface area contributed by atoms with E-state index in [1.165, 1.54) is 64.2 Å². The molecule has 0 bridgehead atoms. The summed E-state index contributed by atoms with van der Waals surface area (Å²) in [6.45, 7) is 20.5. The lowest BCUT2D eigenvalue weighted by molar-refractivity contribution is -0.257. The Kier molecular flexibility index (Phi) is 8.19. The van der Waals surface area contributed by atoms with Gasteiger partial charge >= 0.3 is 0 Å². The van der Waals surface area contributed by atoms with Crippen LogP contribution in [0.3, 0.4) is 0 Å². The van der Waals surface area contributed by atoms with Crippen molar-refractivity contribution in [3.05, 3.63) is 0 Å². The summed E-state index contributed by atoms with van der Waals surface area (Å²) in [7, 11) is 0. The molecule has 5 rings (SSSR count). The second kappa shape index (κ2) is 10.5. The van der Waals surface area contributed by atoms with Gasteiger partial charge in [-0.1, -0.05) is 61.8 Å². The molecule has 14 unspecified atom stereocenters. The van der Waals surface area contributed by atoms with Gasteiger partial charge in [-0.05, 0) is 139 Å². The van der Waals surface area contributed by atoms with E-state index < -0.39 is 24.9 Å². The third-order valence-corrected chi connectivity index (χ3v) is 15.7. The maximum absolute atomic E-state index is 10.5. The molecular formula is C36H64O4. The molecule has 0 aromatic carbocycles. The van der Waals surface area contributed by atoms with Crippen molar-refractivity contribution in [3.63, 3.8) is 0 Å². The van der Waals surface area contributed by atoms with Crippen LogP contribution in [0.5, 0.6) is 0 Å². The maximum atomic E-state index is 10.5. The highest BCUT2D eigenvalue weighted by Gasteiger charge is 2.71. The molecule has 0 spiro atoms. The van der Waals surface area contributed by atoms with Crippen LogP contribution in [0.15, 0.2) is 0 Å². The minimum Gasteiger partial charge on any atom is -0.394 e. The molecule has 0 radical (unpaired) electrons. The monoisotopic (exact) mass is 560 g/mol. The van der Waals surface area contributed by atoms with Crippen LogP contribution in [0.25, 0.3) is 0 Å². The minimum atomic E-state index is -1.27. The summed E-state index contributed by atoms with van der Waals surface area (Å²) in [5.41, 5.74) is 2.17. The number of aliphatic hydroxyl groups is 4. The van der Waals surface area contributed by atoms with Crippen molar-refractivity contribution in [3.8, 4) is 0 Å². The van der Waals surface area contributed by atoms with Gasteiger partial charge in [-0.3, -0.25) is 0 Å². The zero-order valence-corrected chi connectivity index (χ0v) is 27.3.